The summed E-state index contributed by atoms with van der Waals surface area (Å²) in [6, 6.07) is 6.77. The topological polar surface area (TPSA) is 56.7 Å². The third-order valence-electron chi connectivity index (χ3n) is 4.45. The van der Waals surface area contributed by atoms with Crippen molar-refractivity contribution >= 4 is 11.9 Å². The Labute approximate surface area is 149 Å². The van der Waals surface area contributed by atoms with Gasteiger partial charge in [-0.2, -0.15) is 0 Å². The number of nitrogens with zero attached hydrogens (tertiary/aromatic N) is 2. The number of benzene rings is 1. The molecule has 0 aliphatic carbocycles. The lowest BCUT2D eigenvalue weighted by molar-refractivity contribution is -0.129. The first-order chi connectivity index (χ1) is 12.1. The monoisotopic (exact) mass is 348 g/mol. The van der Waals surface area contributed by atoms with Gasteiger partial charge in [0, 0.05) is 32.1 Å². The van der Waals surface area contributed by atoms with Gasteiger partial charge in [-0.25, -0.2) is 9.38 Å². The molecule has 0 aromatic heterocycles. The average Bonchev–Trinajstić information content (AvgIpc) is 3.02. The predicted octanol–water partition coefficient (Wildman–Crippen LogP) is 2.67. The van der Waals surface area contributed by atoms with Gasteiger partial charge in [0.25, 0.3) is 0 Å². The first-order valence-electron chi connectivity index (χ1n) is 9.20. The van der Waals surface area contributed by atoms with E-state index in [1.54, 1.807) is 6.07 Å². The van der Waals surface area contributed by atoms with Crippen LogP contribution in [0.2, 0.25) is 0 Å². The van der Waals surface area contributed by atoms with E-state index in [2.05, 4.69) is 22.5 Å². The number of carbonyl (C=O) groups is 1. The van der Waals surface area contributed by atoms with Crippen LogP contribution in [0, 0.1) is 5.82 Å². The van der Waals surface area contributed by atoms with Crippen molar-refractivity contribution in [2.75, 3.05) is 19.6 Å². The second kappa shape index (κ2) is 10.0. The molecule has 0 saturated carbocycles. The average molecular weight is 348 g/mol. The molecule has 0 radical (unpaired) electrons. The standard InChI is InChI=1S/C19H29FN4O/c1-3-17(24-12-6-9-18(24)25)10-11-22-19(21-4-2)23-14-15-7-5-8-16(20)13-15/h5,7-8,13,17H,3-4,6,9-12,14H2,1-2H3,(H2,21,22,23). The first-order valence-corrected chi connectivity index (χ1v) is 9.20. The number of guanidine groups is 1. The normalized spacial score (nSPS) is 16.2. The summed E-state index contributed by atoms with van der Waals surface area (Å²) >= 11 is 0. The van der Waals surface area contributed by atoms with E-state index < -0.39 is 0 Å². The fourth-order valence-electron chi connectivity index (χ4n) is 3.14. The molecular weight excluding hydrogens is 319 g/mol. The van der Waals surface area contributed by atoms with E-state index in [1.807, 2.05) is 17.9 Å². The first kappa shape index (κ1) is 19.2. The molecule has 2 N–H and O–H groups in total. The summed E-state index contributed by atoms with van der Waals surface area (Å²) < 4.78 is 13.2. The van der Waals surface area contributed by atoms with Crippen molar-refractivity contribution in [3.8, 4) is 0 Å². The molecule has 1 saturated heterocycles. The van der Waals surface area contributed by atoms with Crippen LogP contribution in [0.1, 0.15) is 45.1 Å². The molecule has 1 amide bonds. The van der Waals surface area contributed by atoms with Crippen LogP contribution in [-0.2, 0) is 11.3 Å². The van der Waals surface area contributed by atoms with Gasteiger partial charge in [-0.15, -0.1) is 0 Å². The molecule has 138 valence electrons. The number of hydrogen-bond donors (Lipinski definition) is 2. The van der Waals surface area contributed by atoms with E-state index in [-0.39, 0.29) is 17.8 Å². The molecule has 1 aromatic carbocycles. The molecule has 0 spiro atoms. The minimum absolute atomic E-state index is 0.244. The number of likely N-dealkylation sites (tertiary alicyclic amines) is 1. The van der Waals surface area contributed by atoms with Crippen molar-refractivity contribution in [1.29, 1.82) is 0 Å². The summed E-state index contributed by atoms with van der Waals surface area (Å²) in [5, 5.41) is 6.52. The van der Waals surface area contributed by atoms with Gasteiger partial charge in [-0.3, -0.25) is 4.79 Å². The molecule has 5 nitrogen and oxygen atoms in total. The Morgan fingerprint density at radius 3 is 2.84 bits per heavy atom. The maximum atomic E-state index is 13.2. The third kappa shape index (κ3) is 6.03. The zero-order chi connectivity index (χ0) is 18.1. The van der Waals surface area contributed by atoms with Gasteiger partial charge >= 0.3 is 0 Å². The number of halogens is 1. The Kier molecular flexibility index (Phi) is 7.70. The van der Waals surface area contributed by atoms with Crippen LogP contribution >= 0.6 is 0 Å². The Morgan fingerprint density at radius 2 is 2.20 bits per heavy atom. The van der Waals surface area contributed by atoms with Crippen LogP contribution < -0.4 is 10.6 Å². The SMILES string of the molecule is CCNC(=NCc1cccc(F)c1)NCCC(CC)N1CCCC1=O. The summed E-state index contributed by atoms with van der Waals surface area (Å²) in [5.74, 6) is 0.750. The third-order valence-corrected chi connectivity index (χ3v) is 4.45. The molecule has 25 heavy (non-hydrogen) atoms. The smallest absolute Gasteiger partial charge is 0.222 e. The van der Waals surface area contributed by atoms with E-state index in [0.29, 0.717) is 13.0 Å². The summed E-state index contributed by atoms with van der Waals surface area (Å²) in [7, 11) is 0. The Balaban J connectivity index is 1.85. The van der Waals surface area contributed by atoms with Crippen LogP contribution in [0.3, 0.4) is 0 Å². The molecule has 2 rings (SSSR count). The highest BCUT2D eigenvalue weighted by Crippen LogP contribution is 2.17. The molecular formula is C19H29FN4O. The summed E-state index contributed by atoms with van der Waals surface area (Å²) in [6.07, 6.45) is 3.51. The van der Waals surface area contributed by atoms with Crippen molar-refractivity contribution in [3.05, 3.63) is 35.6 Å². The quantitative estimate of drug-likeness (QED) is 0.561. The van der Waals surface area contributed by atoms with Crippen molar-refractivity contribution in [2.45, 2.75) is 52.1 Å². The van der Waals surface area contributed by atoms with Crippen molar-refractivity contribution in [3.63, 3.8) is 0 Å². The van der Waals surface area contributed by atoms with Crippen LogP contribution in [0.4, 0.5) is 4.39 Å². The zero-order valence-electron chi connectivity index (χ0n) is 15.2. The second-order valence-electron chi connectivity index (χ2n) is 6.29. The minimum Gasteiger partial charge on any atom is -0.357 e. The van der Waals surface area contributed by atoms with E-state index in [9.17, 15) is 9.18 Å². The molecule has 6 heteroatoms. The van der Waals surface area contributed by atoms with Crippen LogP contribution in [0.15, 0.2) is 29.3 Å². The highest BCUT2D eigenvalue weighted by atomic mass is 19.1. The fourth-order valence-corrected chi connectivity index (χ4v) is 3.14. The van der Waals surface area contributed by atoms with E-state index in [4.69, 9.17) is 0 Å². The molecule has 1 fully saturated rings. The van der Waals surface area contributed by atoms with Gasteiger partial charge < -0.3 is 15.5 Å². The summed E-state index contributed by atoms with van der Waals surface area (Å²) in [4.78, 5) is 18.4. The zero-order valence-corrected chi connectivity index (χ0v) is 15.2. The number of carbonyl (C=O) groups excluding carboxylic acids is 1. The number of amides is 1. The number of hydrogen-bond acceptors (Lipinski definition) is 2. The molecule has 0 bridgehead atoms. The van der Waals surface area contributed by atoms with Crippen LogP contribution in [-0.4, -0.2) is 42.4 Å². The maximum absolute atomic E-state index is 13.2. The minimum atomic E-state index is -0.244. The highest BCUT2D eigenvalue weighted by Gasteiger charge is 2.26. The van der Waals surface area contributed by atoms with E-state index in [0.717, 1.165) is 50.4 Å². The Morgan fingerprint density at radius 1 is 1.36 bits per heavy atom. The van der Waals surface area contributed by atoms with Gasteiger partial charge in [0.05, 0.1) is 6.54 Å². The fraction of sp³-hybridized carbons (Fsp3) is 0.579. The van der Waals surface area contributed by atoms with Crippen molar-refractivity contribution in [2.24, 2.45) is 4.99 Å². The van der Waals surface area contributed by atoms with Gasteiger partial charge in [0.15, 0.2) is 5.96 Å². The Bertz CT molecular complexity index is 591. The number of rotatable bonds is 8. The van der Waals surface area contributed by atoms with Crippen molar-refractivity contribution < 1.29 is 9.18 Å². The lowest BCUT2D eigenvalue weighted by Crippen LogP contribution is -2.42. The summed E-state index contributed by atoms with van der Waals surface area (Å²) in [6.45, 7) is 6.95. The van der Waals surface area contributed by atoms with Gasteiger partial charge in [0.1, 0.15) is 5.82 Å². The number of aliphatic imine (C=N–C) groups is 1. The molecule has 1 unspecified atom stereocenters. The van der Waals surface area contributed by atoms with Crippen LogP contribution in [0.25, 0.3) is 0 Å². The van der Waals surface area contributed by atoms with Gasteiger partial charge in [-0.1, -0.05) is 19.1 Å². The lowest BCUT2D eigenvalue weighted by Gasteiger charge is -2.27. The predicted molar refractivity (Wildman–Crippen MR) is 98.9 cm³/mol. The molecule has 1 atom stereocenters. The van der Waals surface area contributed by atoms with E-state index >= 15 is 0 Å². The maximum Gasteiger partial charge on any atom is 0.222 e. The molecule has 1 aliphatic heterocycles. The van der Waals surface area contributed by atoms with Crippen molar-refractivity contribution in [1.82, 2.24) is 15.5 Å². The van der Waals surface area contributed by atoms with E-state index in [1.165, 1.54) is 12.1 Å². The largest absolute Gasteiger partial charge is 0.357 e. The van der Waals surface area contributed by atoms with Gasteiger partial charge in [0.2, 0.25) is 5.91 Å². The summed E-state index contributed by atoms with van der Waals surface area (Å²) in [5.41, 5.74) is 0.839. The highest BCUT2D eigenvalue weighted by molar-refractivity contribution is 5.80. The molecule has 1 heterocycles. The molecule has 1 aromatic rings. The van der Waals surface area contributed by atoms with Crippen LogP contribution in [0.5, 0.6) is 0 Å². The number of nitrogens with one attached hydrogen (secondary N) is 2. The lowest BCUT2D eigenvalue weighted by atomic mass is 10.1. The van der Waals surface area contributed by atoms with Gasteiger partial charge in [-0.05, 0) is 43.9 Å². The second-order valence-corrected chi connectivity index (χ2v) is 6.29. The molecule has 1 aliphatic rings. The Hall–Kier alpha value is -2.11.